The summed E-state index contributed by atoms with van der Waals surface area (Å²) in [6.07, 6.45) is 3.33. The van der Waals surface area contributed by atoms with Crippen LogP contribution in [0.1, 0.15) is 16.1 Å². The summed E-state index contributed by atoms with van der Waals surface area (Å²) in [6.45, 7) is 0. The third-order valence-electron chi connectivity index (χ3n) is 2.36. The second kappa shape index (κ2) is 5.13. The fourth-order valence-corrected chi connectivity index (χ4v) is 1.48. The van der Waals surface area contributed by atoms with Crippen LogP contribution in [0.15, 0.2) is 36.8 Å². The summed E-state index contributed by atoms with van der Waals surface area (Å²) in [5.41, 5.74) is 6.87. The summed E-state index contributed by atoms with van der Waals surface area (Å²) < 4.78 is 0. The maximum absolute atomic E-state index is 11.6. The van der Waals surface area contributed by atoms with Crippen molar-refractivity contribution >= 4 is 17.5 Å². The molecule has 0 aliphatic rings. The molecule has 6 nitrogen and oxygen atoms in total. The molecule has 6 heteroatoms. The predicted molar refractivity (Wildman–Crippen MR) is 65.9 cm³/mol. The molecular weight excluding hydrogens is 232 g/mol. The van der Waals surface area contributed by atoms with E-state index >= 15 is 0 Å². The van der Waals surface area contributed by atoms with Crippen molar-refractivity contribution in [1.29, 1.82) is 0 Å². The van der Waals surface area contributed by atoms with Crippen molar-refractivity contribution < 1.29 is 9.59 Å². The molecular formula is C12H12N4O2. The third-order valence-corrected chi connectivity index (χ3v) is 2.36. The van der Waals surface area contributed by atoms with Gasteiger partial charge in [-0.05, 0) is 24.3 Å². The van der Waals surface area contributed by atoms with Crippen LogP contribution in [0.3, 0.4) is 0 Å². The monoisotopic (exact) mass is 244 g/mol. The average molecular weight is 244 g/mol. The Morgan fingerprint density at radius 2 is 2.00 bits per heavy atom. The lowest BCUT2D eigenvalue weighted by Crippen LogP contribution is -2.15. The molecule has 0 unspecified atom stereocenters. The van der Waals surface area contributed by atoms with Crippen LogP contribution >= 0.6 is 0 Å². The lowest BCUT2D eigenvalue weighted by molar-refractivity contribution is -0.115. The standard InChI is InChI=1S/C12H12N4O2/c13-12(18)8-1-3-9(4-2-8)16-11(17)5-10-6-14-7-15-10/h1-4,6-7H,5H2,(H2,13,18)(H,14,15)(H,16,17). The zero-order chi connectivity index (χ0) is 13.0. The third kappa shape index (κ3) is 2.94. The SMILES string of the molecule is NC(=O)c1ccc(NC(=O)Cc2cnc[nH]2)cc1. The van der Waals surface area contributed by atoms with Gasteiger partial charge in [0.1, 0.15) is 0 Å². The smallest absolute Gasteiger partial charge is 0.248 e. The molecule has 2 amide bonds. The second-order valence-corrected chi connectivity index (χ2v) is 3.74. The molecule has 0 saturated carbocycles. The molecule has 4 N–H and O–H groups in total. The number of nitrogens with zero attached hydrogens (tertiary/aromatic N) is 1. The molecule has 0 saturated heterocycles. The zero-order valence-corrected chi connectivity index (χ0v) is 9.51. The van der Waals surface area contributed by atoms with Crippen LogP contribution in [0, 0.1) is 0 Å². The van der Waals surface area contributed by atoms with Gasteiger partial charge >= 0.3 is 0 Å². The Kier molecular flexibility index (Phi) is 3.38. The number of benzene rings is 1. The number of H-pyrrole nitrogens is 1. The van der Waals surface area contributed by atoms with Gasteiger partial charge in [-0.2, -0.15) is 0 Å². The normalized spacial score (nSPS) is 10.0. The van der Waals surface area contributed by atoms with E-state index in [1.54, 1.807) is 30.5 Å². The number of aromatic nitrogens is 2. The van der Waals surface area contributed by atoms with Crippen molar-refractivity contribution in [1.82, 2.24) is 9.97 Å². The van der Waals surface area contributed by atoms with Crippen LogP contribution in [-0.2, 0) is 11.2 Å². The number of primary amides is 1. The Labute approximate surface area is 103 Å². The van der Waals surface area contributed by atoms with Gasteiger partial charge in [-0.1, -0.05) is 0 Å². The van der Waals surface area contributed by atoms with E-state index in [0.717, 1.165) is 5.69 Å². The van der Waals surface area contributed by atoms with Crippen molar-refractivity contribution in [3.05, 3.63) is 48.0 Å². The Morgan fingerprint density at radius 1 is 1.28 bits per heavy atom. The van der Waals surface area contributed by atoms with E-state index in [9.17, 15) is 9.59 Å². The van der Waals surface area contributed by atoms with Gasteiger partial charge in [-0.3, -0.25) is 9.59 Å². The molecule has 2 aromatic rings. The quantitative estimate of drug-likeness (QED) is 0.737. The molecule has 1 aromatic heterocycles. The minimum absolute atomic E-state index is 0.161. The largest absolute Gasteiger partial charge is 0.366 e. The summed E-state index contributed by atoms with van der Waals surface area (Å²) in [5.74, 6) is -0.656. The molecule has 0 aliphatic carbocycles. The van der Waals surface area contributed by atoms with Crippen molar-refractivity contribution in [3.63, 3.8) is 0 Å². The molecule has 1 aromatic carbocycles. The Bertz CT molecular complexity index is 546. The minimum Gasteiger partial charge on any atom is -0.366 e. The van der Waals surface area contributed by atoms with Gasteiger partial charge in [-0.25, -0.2) is 4.98 Å². The van der Waals surface area contributed by atoms with Gasteiger partial charge < -0.3 is 16.0 Å². The zero-order valence-electron chi connectivity index (χ0n) is 9.51. The van der Waals surface area contributed by atoms with Gasteiger partial charge in [0.15, 0.2) is 0 Å². The van der Waals surface area contributed by atoms with Crippen LogP contribution in [0.25, 0.3) is 0 Å². The van der Waals surface area contributed by atoms with Crippen LogP contribution in [0.2, 0.25) is 0 Å². The van der Waals surface area contributed by atoms with E-state index in [0.29, 0.717) is 11.3 Å². The lowest BCUT2D eigenvalue weighted by Gasteiger charge is -2.04. The van der Waals surface area contributed by atoms with Gasteiger partial charge in [0, 0.05) is 23.1 Å². The first-order chi connectivity index (χ1) is 8.65. The number of nitrogens with two attached hydrogens (primary N) is 1. The van der Waals surface area contributed by atoms with Crippen molar-refractivity contribution in [2.24, 2.45) is 5.73 Å². The van der Waals surface area contributed by atoms with E-state index in [2.05, 4.69) is 15.3 Å². The fraction of sp³-hybridized carbons (Fsp3) is 0.0833. The summed E-state index contributed by atoms with van der Waals surface area (Å²) in [7, 11) is 0. The number of amides is 2. The molecule has 0 atom stereocenters. The minimum atomic E-state index is -0.495. The number of nitrogens with one attached hydrogen (secondary N) is 2. The number of hydrogen-bond donors (Lipinski definition) is 3. The predicted octanol–water partition coefficient (Wildman–Crippen LogP) is 0.690. The average Bonchev–Trinajstić information content (AvgIpc) is 2.82. The summed E-state index contributed by atoms with van der Waals surface area (Å²) >= 11 is 0. The first kappa shape index (κ1) is 11.8. The second-order valence-electron chi connectivity index (χ2n) is 3.74. The highest BCUT2D eigenvalue weighted by molar-refractivity contribution is 5.95. The number of carbonyl (C=O) groups excluding carboxylic acids is 2. The van der Waals surface area contributed by atoms with E-state index in [4.69, 9.17) is 5.73 Å². The number of imidazole rings is 1. The summed E-state index contributed by atoms with van der Waals surface area (Å²) in [6, 6.07) is 6.39. The molecule has 1 heterocycles. The number of aromatic amines is 1. The van der Waals surface area contributed by atoms with E-state index in [1.807, 2.05) is 0 Å². The molecule has 2 rings (SSSR count). The molecule has 92 valence electrons. The summed E-state index contributed by atoms with van der Waals surface area (Å²) in [4.78, 5) is 29.2. The number of rotatable bonds is 4. The van der Waals surface area contributed by atoms with Gasteiger partial charge in [0.05, 0.1) is 12.7 Å². The first-order valence-electron chi connectivity index (χ1n) is 5.32. The number of hydrogen-bond acceptors (Lipinski definition) is 3. The Morgan fingerprint density at radius 3 is 2.56 bits per heavy atom. The van der Waals surface area contributed by atoms with E-state index < -0.39 is 5.91 Å². The van der Waals surface area contributed by atoms with Crippen LogP contribution < -0.4 is 11.1 Å². The topological polar surface area (TPSA) is 101 Å². The maximum Gasteiger partial charge on any atom is 0.248 e. The van der Waals surface area contributed by atoms with Crippen LogP contribution in [-0.4, -0.2) is 21.8 Å². The molecule has 18 heavy (non-hydrogen) atoms. The molecule has 0 radical (unpaired) electrons. The van der Waals surface area contributed by atoms with Crippen molar-refractivity contribution in [2.45, 2.75) is 6.42 Å². The van der Waals surface area contributed by atoms with Crippen molar-refractivity contribution in [3.8, 4) is 0 Å². The van der Waals surface area contributed by atoms with Crippen LogP contribution in [0.4, 0.5) is 5.69 Å². The lowest BCUT2D eigenvalue weighted by atomic mass is 10.2. The highest BCUT2D eigenvalue weighted by atomic mass is 16.2. The summed E-state index contributed by atoms with van der Waals surface area (Å²) in [5, 5.41) is 2.71. The number of carbonyl (C=O) groups is 2. The molecule has 0 fully saturated rings. The van der Waals surface area contributed by atoms with Gasteiger partial charge in [0.25, 0.3) is 0 Å². The Hall–Kier alpha value is -2.63. The molecule has 0 bridgehead atoms. The Balaban J connectivity index is 1.97. The number of anilines is 1. The molecule has 0 spiro atoms. The molecule has 0 aliphatic heterocycles. The maximum atomic E-state index is 11.6. The highest BCUT2D eigenvalue weighted by Gasteiger charge is 2.05. The van der Waals surface area contributed by atoms with E-state index in [-0.39, 0.29) is 12.3 Å². The van der Waals surface area contributed by atoms with Gasteiger partial charge in [-0.15, -0.1) is 0 Å². The first-order valence-corrected chi connectivity index (χ1v) is 5.32. The van der Waals surface area contributed by atoms with Crippen LogP contribution in [0.5, 0.6) is 0 Å². The van der Waals surface area contributed by atoms with Crippen molar-refractivity contribution in [2.75, 3.05) is 5.32 Å². The highest BCUT2D eigenvalue weighted by Crippen LogP contribution is 2.09. The fourth-order valence-electron chi connectivity index (χ4n) is 1.48. The van der Waals surface area contributed by atoms with Gasteiger partial charge in [0.2, 0.25) is 11.8 Å². The van der Waals surface area contributed by atoms with E-state index in [1.165, 1.54) is 6.33 Å².